The minimum absolute atomic E-state index is 0.0869. The molecule has 2 aromatic carbocycles. The first-order chi connectivity index (χ1) is 13.9. The Morgan fingerprint density at radius 3 is 2.17 bits per heavy atom. The van der Waals surface area contributed by atoms with E-state index in [1.165, 1.54) is 4.31 Å². The molecule has 0 radical (unpaired) electrons. The molecule has 1 saturated heterocycles. The molecule has 1 amide bonds. The number of amides is 1. The summed E-state index contributed by atoms with van der Waals surface area (Å²) in [5.41, 5.74) is 2.29. The molecule has 3 rings (SSSR count). The second kappa shape index (κ2) is 9.55. The summed E-state index contributed by atoms with van der Waals surface area (Å²) < 4.78 is 27.4. The second-order valence-corrected chi connectivity index (χ2v) is 9.59. The van der Waals surface area contributed by atoms with Crippen molar-refractivity contribution >= 4 is 15.9 Å². The Morgan fingerprint density at radius 1 is 0.966 bits per heavy atom. The minimum Gasteiger partial charge on any atom is -0.340 e. The monoisotopic (exact) mass is 414 g/mol. The molecular formula is C23H30N2O3S. The molecule has 29 heavy (non-hydrogen) atoms. The third-order valence-corrected chi connectivity index (χ3v) is 7.67. The summed E-state index contributed by atoms with van der Waals surface area (Å²) in [5, 5.41) is 0. The van der Waals surface area contributed by atoms with Gasteiger partial charge in [0.1, 0.15) is 0 Å². The third-order valence-electron chi connectivity index (χ3n) is 5.76. The van der Waals surface area contributed by atoms with Gasteiger partial charge in [0.15, 0.2) is 0 Å². The smallest absolute Gasteiger partial charge is 0.243 e. The summed E-state index contributed by atoms with van der Waals surface area (Å²) in [5.74, 6) is 0.501. The molecule has 2 aromatic rings. The number of carbonyl (C=O) groups excluding carboxylic acids is 1. The molecule has 1 heterocycles. The fourth-order valence-electron chi connectivity index (χ4n) is 3.59. The van der Waals surface area contributed by atoms with Crippen molar-refractivity contribution in [3.63, 3.8) is 0 Å². The zero-order chi connectivity index (χ0) is 20.9. The maximum atomic E-state index is 12.9. The quantitative estimate of drug-likeness (QED) is 0.695. The van der Waals surface area contributed by atoms with Gasteiger partial charge in [0.2, 0.25) is 15.9 Å². The molecule has 1 fully saturated rings. The Hall–Kier alpha value is -2.18. The van der Waals surface area contributed by atoms with Crippen LogP contribution < -0.4 is 0 Å². The van der Waals surface area contributed by atoms with Gasteiger partial charge in [0.05, 0.1) is 4.90 Å². The van der Waals surface area contributed by atoms with Gasteiger partial charge in [0.25, 0.3) is 0 Å². The first-order valence-electron chi connectivity index (χ1n) is 10.3. The van der Waals surface area contributed by atoms with Crippen molar-refractivity contribution in [2.75, 3.05) is 26.2 Å². The predicted octanol–water partition coefficient (Wildman–Crippen LogP) is 3.67. The number of piperazine rings is 1. The average Bonchev–Trinajstić information content (AvgIpc) is 2.77. The zero-order valence-corrected chi connectivity index (χ0v) is 18.1. The van der Waals surface area contributed by atoms with E-state index in [9.17, 15) is 13.2 Å². The molecule has 1 aliphatic rings. The summed E-state index contributed by atoms with van der Waals surface area (Å²) in [7, 11) is -3.52. The normalized spacial score (nSPS) is 16.6. The van der Waals surface area contributed by atoms with Crippen LogP contribution in [0.15, 0.2) is 59.5 Å². The molecule has 0 aliphatic carbocycles. The molecular weight excluding hydrogens is 384 g/mol. The van der Waals surface area contributed by atoms with Gasteiger partial charge in [-0.15, -0.1) is 0 Å². The van der Waals surface area contributed by atoms with Gasteiger partial charge in [-0.05, 0) is 42.0 Å². The first kappa shape index (κ1) is 21.5. The Bertz CT molecular complexity index is 903. The molecule has 0 aromatic heterocycles. The van der Waals surface area contributed by atoms with Crippen LogP contribution in [0, 0.1) is 0 Å². The summed E-state index contributed by atoms with van der Waals surface area (Å²) in [6, 6.07) is 17.2. The van der Waals surface area contributed by atoms with E-state index in [1.54, 1.807) is 17.0 Å². The Balaban J connectivity index is 1.55. The molecule has 5 nitrogen and oxygen atoms in total. The number of rotatable bonds is 7. The fourth-order valence-corrected chi connectivity index (χ4v) is 5.01. The van der Waals surface area contributed by atoms with Crippen LogP contribution in [0.1, 0.15) is 43.7 Å². The van der Waals surface area contributed by atoms with Crippen LogP contribution in [0.25, 0.3) is 0 Å². The largest absolute Gasteiger partial charge is 0.340 e. The topological polar surface area (TPSA) is 57.7 Å². The van der Waals surface area contributed by atoms with Crippen LogP contribution in [0.2, 0.25) is 0 Å². The van der Waals surface area contributed by atoms with Crippen LogP contribution in [-0.2, 0) is 21.2 Å². The number of aryl methyl sites for hydroxylation is 1. The van der Waals surface area contributed by atoms with E-state index in [0.29, 0.717) is 49.8 Å². The molecule has 0 unspecified atom stereocenters. The first-order valence-corrected chi connectivity index (χ1v) is 11.8. The van der Waals surface area contributed by atoms with Gasteiger partial charge < -0.3 is 4.90 Å². The van der Waals surface area contributed by atoms with Crippen molar-refractivity contribution in [3.8, 4) is 0 Å². The number of nitrogens with zero attached hydrogens (tertiary/aromatic N) is 2. The highest BCUT2D eigenvalue weighted by Gasteiger charge is 2.30. The highest BCUT2D eigenvalue weighted by molar-refractivity contribution is 7.89. The standard InChI is InChI=1S/C23H30N2O3S/c1-3-19(2)21-10-12-22(13-11-21)29(27,28)25-17-15-24(16-18-25)23(26)14-9-20-7-5-4-6-8-20/h4-8,10-13,19H,3,9,14-18H2,1-2H3/t19-/m0/s1. The fraction of sp³-hybridized carbons (Fsp3) is 0.435. The Labute approximate surface area is 174 Å². The van der Waals surface area contributed by atoms with Gasteiger partial charge in [0, 0.05) is 32.6 Å². The number of sulfonamides is 1. The number of hydrogen-bond acceptors (Lipinski definition) is 3. The van der Waals surface area contributed by atoms with E-state index < -0.39 is 10.0 Å². The van der Waals surface area contributed by atoms with Gasteiger partial charge >= 0.3 is 0 Å². The highest BCUT2D eigenvalue weighted by atomic mass is 32.2. The lowest BCUT2D eigenvalue weighted by Crippen LogP contribution is -2.50. The second-order valence-electron chi connectivity index (χ2n) is 7.65. The van der Waals surface area contributed by atoms with Crippen LogP contribution in [0.4, 0.5) is 0 Å². The van der Waals surface area contributed by atoms with Crippen LogP contribution in [-0.4, -0.2) is 49.7 Å². The van der Waals surface area contributed by atoms with Gasteiger partial charge in [-0.25, -0.2) is 8.42 Å². The third kappa shape index (κ3) is 5.25. The Morgan fingerprint density at radius 2 is 1.59 bits per heavy atom. The molecule has 0 spiro atoms. The van der Waals surface area contributed by atoms with Crippen molar-refractivity contribution < 1.29 is 13.2 Å². The van der Waals surface area contributed by atoms with Crippen LogP contribution in [0.3, 0.4) is 0 Å². The van der Waals surface area contributed by atoms with Gasteiger partial charge in [-0.2, -0.15) is 4.31 Å². The van der Waals surface area contributed by atoms with E-state index in [-0.39, 0.29) is 5.91 Å². The highest BCUT2D eigenvalue weighted by Crippen LogP contribution is 2.23. The van der Waals surface area contributed by atoms with E-state index in [4.69, 9.17) is 0 Å². The lowest BCUT2D eigenvalue weighted by Gasteiger charge is -2.34. The molecule has 156 valence electrons. The molecule has 6 heteroatoms. The lowest BCUT2D eigenvalue weighted by molar-refractivity contribution is -0.132. The maximum Gasteiger partial charge on any atom is 0.243 e. The number of carbonyl (C=O) groups is 1. The van der Waals surface area contributed by atoms with E-state index in [2.05, 4.69) is 13.8 Å². The van der Waals surface area contributed by atoms with Crippen molar-refractivity contribution in [1.82, 2.24) is 9.21 Å². The summed E-state index contributed by atoms with van der Waals surface area (Å²) in [6.45, 7) is 5.82. The van der Waals surface area contributed by atoms with Crippen molar-refractivity contribution in [1.29, 1.82) is 0 Å². The van der Waals surface area contributed by atoms with Crippen molar-refractivity contribution in [3.05, 3.63) is 65.7 Å². The molecule has 0 saturated carbocycles. The van der Waals surface area contributed by atoms with Crippen molar-refractivity contribution in [2.24, 2.45) is 0 Å². The lowest BCUT2D eigenvalue weighted by atomic mass is 9.99. The maximum absolute atomic E-state index is 12.9. The average molecular weight is 415 g/mol. The van der Waals surface area contributed by atoms with E-state index >= 15 is 0 Å². The summed E-state index contributed by atoms with van der Waals surface area (Å²) in [6.07, 6.45) is 2.18. The van der Waals surface area contributed by atoms with Crippen LogP contribution in [0.5, 0.6) is 0 Å². The van der Waals surface area contributed by atoms with E-state index in [0.717, 1.165) is 17.5 Å². The molecule has 1 aliphatic heterocycles. The summed E-state index contributed by atoms with van der Waals surface area (Å²) >= 11 is 0. The SMILES string of the molecule is CC[C@H](C)c1ccc(S(=O)(=O)N2CCN(C(=O)CCc3ccccc3)CC2)cc1. The van der Waals surface area contributed by atoms with Gasteiger partial charge in [-0.3, -0.25) is 4.79 Å². The van der Waals surface area contributed by atoms with Crippen molar-refractivity contribution in [2.45, 2.75) is 43.9 Å². The number of hydrogen-bond donors (Lipinski definition) is 0. The van der Waals surface area contributed by atoms with Crippen LogP contribution >= 0.6 is 0 Å². The predicted molar refractivity (Wildman–Crippen MR) is 115 cm³/mol. The van der Waals surface area contributed by atoms with Gasteiger partial charge in [-0.1, -0.05) is 56.3 Å². The number of benzene rings is 2. The molecule has 0 N–H and O–H groups in total. The molecule has 0 bridgehead atoms. The summed E-state index contributed by atoms with van der Waals surface area (Å²) in [4.78, 5) is 14.6. The zero-order valence-electron chi connectivity index (χ0n) is 17.3. The Kier molecular flexibility index (Phi) is 7.09. The molecule has 1 atom stereocenters. The van der Waals surface area contributed by atoms with E-state index in [1.807, 2.05) is 42.5 Å². The minimum atomic E-state index is -3.52.